The van der Waals surface area contributed by atoms with Gasteiger partial charge in [0.15, 0.2) is 0 Å². The van der Waals surface area contributed by atoms with Gasteiger partial charge in [-0.2, -0.15) is 0 Å². The molecule has 1 aliphatic rings. The minimum absolute atomic E-state index is 0.148. The molecule has 0 unspecified atom stereocenters. The van der Waals surface area contributed by atoms with Crippen LogP contribution in [0.2, 0.25) is 0 Å². The van der Waals surface area contributed by atoms with E-state index in [-0.39, 0.29) is 6.04 Å². The lowest BCUT2D eigenvalue weighted by Gasteiger charge is -2.25. The summed E-state index contributed by atoms with van der Waals surface area (Å²) in [7, 11) is 0. The molecule has 0 bridgehead atoms. The second-order valence-corrected chi connectivity index (χ2v) is 4.49. The van der Waals surface area contributed by atoms with E-state index in [1.165, 1.54) is 11.3 Å². The maximum absolute atomic E-state index is 5.54. The molecule has 0 aromatic heterocycles. The van der Waals surface area contributed by atoms with Crippen LogP contribution in [0, 0.1) is 0 Å². The third kappa shape index (κ3) is 2.94. The summed E-state index contributed by atoms with van der Waals surface area (Å²) in [4.78, 5) is 6.59. The fourth-order valence-electron chi connectivity index (χ4n) is 2.17. The number of hydrogen-bond donors (Lipinski definition) is 1. The molecule has 1 heterocycles. The topological polar surface area (TPSA) is 50.9 Å². The summed E-state index contributed by atoms with van der Waals surface area (Å²) in [6.45, 7) is 6.73. The summed E-state index contributed by atoms with van der Waals surface area (Å²) in [6, 6.07) is 9.12. The highest BCUT2D eigenvalue weighted by atomic mass is 16.5. The van der Waals surface area contributed by atoms with Crippen LogP contribution in [0.15, 0.2) is 29.3 Å². The summed E-state index contributed by atoms with van der Waals surface area (Å²) in [6.07, 6.45) is 1.06. The van der Waals surface area contributed by atoms with Crippen molar-refractivity contribution in [2.24, 2.45) is 10.7 Å². The monoisotopic (exact) mass is 247 g/mol. The SMILES string of the molecule is CCc1cccc(N(CC)C[C@H]2COC(N)=N2)c1. The largest absolute Gasteiger partial charge is 0.463 e. The van der Waals surface area contributed by atoms with E-state index < -0.39 is 0 Å². The molecule has 4 heteroatoms. The van der Waals surface area contributed by atoms with Crippen molar-refractivity contribution in [3.8, 4) is 0 Å². The zero-order valence-electron chi connectivity index (χ0n) is 11.1. The second-order valence-electron chi connectivity index (χ2n) is 4.49. The van der Waals surface area contributed by atoms with Gasteiger partial charge in [0.05, 0.1) is 0 Å². The number of aliphatic imine (C=N–C) groups is 1. The van der Waals surface area contributed by atoms with Gasteiger partial charge in [0, 0.05) is 18.8 Å². The highest BCUT2D eigenvalue weighted by Gasteiger charge is 2.19. The molecule has 0 spiro atoms. The number of nitrogens with two attached hydrogens (primary N) is 1. The van der Waals surface area contributed by atoms with Gasteiger partial charge >= 0.3 is 0 Å². The lowest BCUT2D eigenvalue weighted by Crippen LogP contribution is -2.32. The fraction of sp³-hybridized carbons (Fsp3) is 0.500. The summed E-state index contributed by atoms with van der Waals surface area (Å²) >= 11 is 0. The van der Waals surface area contributed by atoms with Crippen molar-refractivity contribution in [3.63, 3.8) is 0 Å². The third-order valence-corrected chi connectivity index (χ3v) is 3.23. The van der Waals surface area contributed by atoms with Gasteiger partial charge in [0.25, 0.3) is 6.02 Å². The molecule has 1 aromatic rings. The summed E-state index contributed by atoms with van der Waals surface area (Å²) in [5.41, 5.74) is 8.14. The van der Waals surface area contributed by atoms with Crippen LogP contribution < -0.4 is 10.6 Å². The van der Waals surface area contributed by atoms with Gasteiger partial charge in [0.1, 0.15) is 12.6 Å². The van der Waals surface area contributed by atoms with Gasteiger partial charge in [-0.15, -0.1) is 0 Å². The number of hydrogen-bond acceptors (Lipinski definition) is 4. The minimum atomic E-state index is 0.148. The Morgan fingerprint density at radius 3 is 2.89 bits per heavy atom. The van der Waals surface area contributed by atoms with E-state index in [0.717, 1.165) is 19.5 Å². The Morgan fingerprint density at radius 1 is 1.44 bits per heavy atom. The number of ether oxygens (including phenoxy) is 1. The molecule has 1 atom stereocenters. The van der Waals surface area contributed by atoms with Gasteiger partial charge in [-0.05, 0) is 31.0 Å². The smallest absolute Gasteiger partial charge is 0.282 e. The van der Waals surface area contributed by atoms with Crippen molar-refractivity contribution in [2.45, 2.75) is 26.3 Å². The molecule has 0 radical (unpaired) electrons. The molecular formula is C14H21N3O. The third-order valence-electron chi connectivity index (χ3n) is 3.23. The average Bonchev–Trinajstić information content (AvgIpc) is 2.81. The zero-order chi connectivity index (χ0) is 13.0. The van der Waals surface area contributed by atoms with Gasteiger partial charge in [-0.25, -0.2) is 4.99 Å². The maximum atomic E-state index is 5.54. The Kier molecular flexibility index (Phi) is 4.07. The van der Waals surface area contributed by atoms with Crippen LogP contribution in [0.3, 0.4) is 0 Å². The van der Waals surface area contributed by atoms with Crippen molar-refractivity contribution < 1.29 is 4.74 Å². The van der Waals surface area contributed by atoms with E-state index in [9.17, 15) is 0 Å². The lowest BCUT2D eigenvalue weighted by atomic mass is 10.1. The first-order valence-electron chi connectivity index (χ1n) is 6.52. The maximum Gasteiger partial charge on any atom is 0.282 e. The molecule has 0 aliphatic carbocycles. The van der Waals surface area contributed by atoms with Gasteiger partial charge in [-0.1, -0.05) is 19.1 Å². The lowest BCUT2D eigenvalue weighted by molar-refractivity contribution is 0.313. The van der Waals surface area contributed by atoms with Crippen molar-refractivity contribution >= 4 is 11.7 Å². The Bertz CT molecular complexity index is 431. The van der Waals surface area contributed by atoms with Crippen LogP contribution in [-0.2, 0) is 11.2 Å². The van der Waals surface area contributed by atoms with Crippen LogP contribution in [0.1, 0.15) is 19.4 Å². The molecule has 1 aromatic carbocycles. The Balaban J connectivity index is 2.07. The number of nitrogens with zero attached hydrogens (tertiary/aromatic N) is 2. The van der Waals surface area contributed by atoms with E-state index in [0.29, 0.717) is 12.6 Å². The fourth-order valence-corrected chi connectivity index (χ4v) is 2.17. The van der Waals surface area contributed by atoms with Crippen molar-refractivity contribution in [3.05, 3.63) is 29.8 Å². The van der Waals surface area contributed by atoms with Gasteiger partial charge in [0.2, 0.25) is 0 Å². The summed E-state index contributed by atoms with van der Waals surface area (Å²) < 4.78 is 5.19. The first-order valence-corrected chi connectivity index (χ1v) is 6.52. The highest BCUT2D eigenvalue weighted by Crippen LogP contribution is 2.18. The van der Waals surface area contributed by atoms with E-state index in [1.54, 1.807) is 0 Å². The average molecular weight is 247 g/mol. The first-order chi connectivity index (χ1) is 8.72. The Hall–Kier alpha value is -1.71. The number of likely N-dealkylation sites (N-methyl/N-ethyl adjacent to an activating group) is 1. The summed E-state index contributed by atoms with van der Waals surface area (Å²) in [5, 5.41) is 0. The molecule has 0 saturated heterocycles. The number of aryl methyl sites for hydroxylation is 1. The molecule has 18 heavy (non-hydrogen) atoms. The number of anilines is 1. The van der Waals surface area contributed by atoms with Crippen LogP contribution in [0.5, 0.6) is 0 Å². The van der Waals surface area contributed by atoms with E-state index in [1.807, 2.05) is 0 Å². The standard InChI is InChI=1S/C14H21N3O/c1-3-11-6-5-7-13(8-11)17(4-2)9-12-10-18-14(15)16-12/h5-8,12H,3-4,9-10H2,1-2H3,(H2,15,16)/t12-/m0/s1. The van der Waals surface area contributed by atoms with E-state index in [2.05, 4.69) is 48.0 Å². The molecule has 0 amide bonds. The molecule has 4 nitrogen and oxygen atoms in total. The van der Waals surface area contributed by atoms with Crippen LogP contribution in [0.25, 0.3) is 0 Å². The van der Waals surface area contributed by atoms with Crippen molar-refractivity contribution in [2.75, 3.05) is 24.6 Å². The number of rotatable bonds is 5. The Labute approximate surface area is 108 Å². The van der Waals surface area contributed by atoms with Gasteiger partial charge in [-0.3, -0.25) is 0 Å². The molecule has 0 fully saturated rings. The predicted molar refractivity (Wildman–Crippen MR) is 75.1 cm³/mol. The zero-order valence-corrected chi connectivity index (χ0v) is 11.1. The van der Waals surface area contributed by atoms with Crippen LogP contribution in [-0.4, -0.2) is 31.8 Å². The highest BCUT2D eigenvalue weighted by molar-refractivity contribution is 5.73. The normalized spacial score (nSPS) is 18.3. The predicted octanol–water partition coefficient (Wildman–Crippen LogP) is 1.79. The molecule has 98 valence electrons. The summed E-state index contributed by atoms with van der Waals surface area (Å²) in [5.74, 6) is 0. The molecule has 2 N–H and O–H groups in total. The molecule has 2 rings (SSSR count). The quantitative estimate of drug-likeness (QED) is 0.863. The van der Waals surface area contributed by atoms with Crippen molar-refractivity contribution in [1.29, 1.82) is 0 Å². The molecular weight excluding hydrogens is 226 g/mol. The Morgan fingerprint density at radius 2 is 2.28 bits per heavy atom. The van der Waals surface area contributed by atoms with Crippen LogP contribution in [0.4, 0.5) is 5.69 Å². The van der Waals surface area contributed by atoms with Crippen molar-refractivity contribution in [1.82, 2.24) is 0 Å². The second kappa shape index (κ2) is 5.76. The first kappa shape index (κ1) is 12.7. The van der Waals surface area contributed by atoms with Gasteiger partial charge < -0.3 is 15.4 Å². The number of amidine groups is 1. The molecule has 1 aliphatic heterocycles. The molecule has 0 saturated carbocycles. The van der Waals surface area contributed by atoms with E-state index in [4.69, 9.17) is 10.5 Å². The van der Waals surface area contributed by atoms with E-state index >= 15 is 0 Å². The number of benzene rings is 1. The van der Waals surface area contributed by atoms with Crippen LogP contribution >= 0.6 is 0 Å². The minimum Gasteiger partial charge on any atom is -0.463 e.